The van der Waals surface area contributed by atoms with Crippen molar-refractivity contribution in [3.05, 3.63) is 0 Å². The van der Waals surface area contributed by atoms with Gasteiger partial charge in [0.15, 0.2) is 0 Å². The molecule has 4 nitrogen and oxygen atoms in total. The Kier molecular flexibility index (Phi) is 3.17. The van der Waals surface area contributed by atoms with Crippen LogP contribution in [0.4, 0.5) is 0 Å². The Morgan fingerprint density at radius 3 is 2.38 bits per heavy atom. The monoisotopic (exact) mass is 224 g/mol. The Labute approximate surface area is 96.2 Å². The summed E-state index contributed by atoms with van der Waals surface area (Å²) in [5.74, 6) is 0.730. The molecular formula is C12H20N2O2. The summed E-state index contributed by atoms with van der Waals surface area (Å²) < 4.78 is 0. The first kappa shape index (κ1) is 11.4. The van der Waals surface area contributed by atoms with E-state index >= 15 is 0 Å². The summed E-state index contributed by atoms with van der Waals surface area (Å²) in [5.41, 5.74) is 0. The number of hydrogen-bond donors (Lipinski definition) is 2. The van der Waals surface area contributed by atoms with Crippen LogP contribution in [0.5, 0.6) is 0 Å². The van der Waals surface area contributed by atoms with Crippen molar-refractivity contribution in [1.29, 1.82) is 0 Å². The van der Waals surface area contributed by atoms with Gasteiger partial charge in [-0.05, 0) is 32.1 Å². The molecule has 0 aromatic heterocycles. The summed E-state index contributed by atoms with van der Waals surface area (Å²) in [7, 11) is 0. The smallest absolute Gasteiger partial charge is 0.242 e. The van der Waals surface area contributed by atoms with Crippen LogP contribution in [0.1, 0.15) is 39.5 Å². The fourth-order valence-electron chi connectivity index (χ4n) is 1.90. The van der Waals surface area contributed by atoms with Crippen LogP contribution in [-0.2, 0) is 9.59 Å². The summed E-state index contributed by atoms with van der Waals surface area (Å²) in [4.78, 5) is 23.3. The summed E-state index contributed by atoms with van der Waals surface area (Å²) in [6.07, 6.45) is 4.15. The second-order valence-electron chi connectivity index (χ2n) is 5.19. The van der Waals surface area contributed by atoms with Gasteiger partial charge in [0.05, 0.1) is 0 Å². The number of hydrogen-bond acceptors (Lipinski definition) is 2. The van der Waals surface area contributed by atoms with Crippen LogP contribution in [0.3, 0.4) is 0 Å². The molecule has 0 radical (unpaired) electrons. The predicted octanol–water partition coefficient (Wildman–Crippen LogP) is 0.816. The van der Waals surface area contributed by atoms with Gasteiger partial charge in [0.2, 0.25) is 11.8 Å². The van der Waals surface area contributed by atoms with Crippen LogP contribution in [0, 0.1) is 11.8 Å². The molecule has 0 aliphatic heterocycles. The van der Waals surface area contributed by atoms with Crippen LogP contribution in [0.15, 0.2) is 0 Å². The fourth-order valence-corrected chi connectivity index (χ4v) is 1.90. The van der Waals surface area contributed by atoms with Crippen molar-refractivity contribution < 1.29 is 9.59 Å². The highest BCUT2D eigenvalue weighted by Gasteiger charge is 2.35. The average molecular weight is 224 g/mol. The lowest BCUT2D eigenvalue weighted by atomic mass is 9.84. The van der Waals surface area contributed by atoms with Crippen molar-refractivity contribution in [2.75, 3.05) is 0 Å². The van der Waals surface area contributed by atoms with E-state index in [4.69, 9.17) is 0 Å². The number of carbonyl (C=O) groups excluding carboxylic acids is 2. The van der Waals surface area contributed by atoms with Gasteiger partial charge in [-0.15, -0.1) is 0 Å². The van der Waals surface area contributed by atoms with Crippen LogP contribution >= 0.6 is 0 Å². The van der Waals surface area contributed by atoms with Crippen molar-refractivity contribution in [2.45, 2.75) is 51.6 Å². The molecule has 90 valence electrons. The van der Waals surface area contributed by atoms with E-state index in [0.717, 1.165) is 25.7 Å². The third kappa shape index (κ3) is 2.54. The first-order chi connectivity index (χ1) is 7.58. The minimum atomic E-state index is -0.402. The average Bonchev–Trinajstić information content (AvgIpc) is 2.78. The highest BCUT2D eigenvalue weighted by atomic mass is 16.2. The first-order valence-corrected chi connectivity index (χ1v) is 6.18. The highest BCUT2D eigenvalue weighted by molar-refractivity contribution is 5.88. The van der Waals surface area contributed by atoms with E-state index in [1.807, 2.05) is 0 Å². The zero-order valence-corrected chi connectivity index (χ0v) is 9.95. The van der Waals surface area contributed by atoms with Crippen LogP contribution in [0.2, 0.25) is 0 Å². The number of amides is 2. The lowest BCUT2D eigenvalue weighted by Gasteiger charge is -2.25. The van der Waals surface area contributed by atoms with E-state index in [0.29, 0.717) is 12.0 Å². The van der Waals surface area contributed by atoms with Crippen LogP contribution < -0.4 is 10.6 Å². The van der Waals surface area contributed by atoms with Crippen LogP contribution in [0.25, 0.3) is 0 Å². The summed E-state index contributed by atoms with van der Waals surface area (Å²) >= 11 is 0. The van der Waals surface area contributed by atoms with E-state index in [2.05, 4.69) is 17.6 Å². The van der Waals surface area contributed by atoms with Gasteiger partial charge in [-0.1, -0.05) is 13.3 Å². The molecule has 0 aromatic carbocycles. The van der Waals surface area contributed by atoms with Gasteiger partial charge in [0.25, 0.3) is 0 Å². The third-order valence-electron chi connectivity index (χ3n) is 3.67. The molecular weight excluding hydrogens is 204 g/mol. The number of carbonyl (C=O) groups is 2. The Bertz CT molecular complexity index is 299. The molecule has 0 bridgehead atoms. The molecule has 2 aliphatic carbocycles. The molecule has 0 saturated heterocycles. The predicted molar refractivity (Wildman–Crippen MR) is 60.7 cm³/mol. The SMILES string of the molecule is C[C@H](NC(=O)C1CCC1)C(=O)N[C@@H]1C[C@H]1C. The van der Waals surface area contributed by atoms with Gasteiger partial charge in [0.1, 0.15) is 6.04 Å². The topological polar surface area (TPSA) is 58.2 Å². The van der Waals surface area contributed by atoms with Crippen molar-refractivity contribution in [2.24, 2.45) is 11.8 Å². The largest absolute Gasteiger partial charge is 0.351 e. The third-order valence-corrected chi connectivity index (χ3v) is 3.67. The molecule has 2 amide bonds. The van der Waals surface area contributed by atoms with Crippen molar-refractivity contribution in [1.82, 2.24) is 10.6 Å². The van der Waals surface area contributed by atoms with Crippen molar-refractivity contribution >= 4 is 11.8 Å². The quantitative estimate of drug-likeness (QED) is 0.742. The molecule has 2 N–H and O–H groups in total. The Morgan fingerprint density at radius 2 is 1.94 bits per heavy atom. The normalized spacial score (nSPS) is 30.1. The summed E-state index contributed by atoms with van der Waals surface area (Å²) in [6.45, 7) is 3.86. The van der Waals surface area contributed by atoms with E-state index in [9.17, 15) is 9.59 Å². The van der Waals surface area contributed by atoms with Gasteiger partial charge < -0.3 is 10.6 Å². The van der Waals surface area contributed by atoms with E-state index in [1.165, 1.54) is 0 Å². The molecule has 0 unspecified atom stereocenters. The van der Waals surface area contributed by atoms with E-state index < -0.39 is 6.04 Å². The maximum atomic E-state index is 11.7. The van der Waals surface area contributed by atoms with Crippen molar-refractivity contribution in [3.8, 4) is 0 Å². The number of nitrogens with one attached hydrogen (secondary N) is 2. The van der Waals surface area contributed by atoms with E-state index in [1.54, 1.807) is 6.92 Å². The molecule has 0 heterocycles. The molecule has 2 fully saturated rings. The lowest BCUT2D eigenvalue weighted by molar-refractivity contribution is -0.132. The molecule has 2 rings (SSSR count). The second-order valence-corrected chi connectivity index (χ2v) is 5.19. The molecule has 3 atom stereocenters. The Morgan fingerprint density at radius 1 is 1.31 bits per heavy atom. The molecule has 2 saturated carbocycles. The zero-order valence-electron chi connectivity index (χ0n) is 9.95. The van der Waals surface area contributed by atoms with E-state index in [-0.39, 0.29) is 17.7 Å². The van der Waals surface area contributed by atoms with Crippen LogP contribution in [-0.4, -0.2) is 23.9 Å². The maximum absolute atomic E-state index is 11.7. The first-order valence-electron chi connectivity index (χ1n) is 6.18. The molecule has 0 spiro atoms. The molecule has 4 heteroatoms. The van der Waals surface area contributed by atoms with Gasteiger partial charge in [-0.2, -0.15) is 0 Å². The number of rotatable bonds is 4. The molecule has 16 heavy (non-hydrogen) atoms. The molecule has 0 aromatic rings. The van der Waals surface area contributed by atoms with Gasteiger partial charge in [0, 0.05) is 12.0 Å². The Hall–Kier alpha value is -1.06. The summed E-state index contributed by atoms with van der Waals surface area (Å²) in [6, 6.07) is -0.0727. The fraction of sp³-hybridized carbons (Fsp3) is 0.833. The van der Waals surface area contributed by atoms with Gasteiger partial charge in [-0.3, -0.25) is 9.59 Å². The molecule has 2 aliphatic rings. The minimum Gasteiger partial charge on any atom is -0.351 e. The van der Waals surface area contributed by atoms with Gasteiger partial charge >= 0.3 is 0 Å². The lowest BCUT2D eigenvalue weighted by Crippen LogP contribution is -2.48. The van der Waals surface area contributed by atoms with Gasteiger partial charge in [-0.25, -0.2) is 0 Å². The standard InChI is InChI=1S/C12H20N2O2/c1-7-6-10(7)14-11(15)8(2)13-12(16)9-4-3-5-9/h7-10H,3-6H2,1-2H3,(H,13,16)(H,14,15)/t7-,8+,10-/m1/s1. The summed E-state index contributed by atoms with van der Waals surface area (Å²) in [5, 5.41) is 5.71. The van der Waals surface area contributed by atoms with Crippen molar-refractivity contribution in [3.63, 3.8) is 0 Å². The minimum absolute atomic E-state index is 0.0396. The second kappa shape index (κ2) is 4.44. The Balaban J connectivity index is 1.71. The zero-order chi connectivity index (χ0) is 11.7. The maximum Gasteiger partial charge on any atom is 0.242 e. The highest BCUT2D eigenvalue weighted by Crippen LogP contribution is 2.29.